The standard InChI is InChI=1S/C38H54N4O8S/c1-24(2)18-41(19-25(3)4)21-31-30-17-28(12-13-32(30)39-36(31)44)51(46,47)42(20-26(5)6)22-34(43)33(16-27-10-8-7-9-11-27)40-38(45)50-35-23-49-37-29(35)14-15-48-37/h7-13,17,21,24-26,29,33-35,37,43H,14-16,18-20,22-23H2,1-6H3,(H,39,44)(H,40,45)/b31-21-/t29-,33-,34+,35-,37+/m0/s1. The zero-order valence-electron chi connectivity index (χ0n) is 30.6. The average molecular weight is 727 g/mol. The first-order valence-corrected chi connectivity index (χ1v) is 19.5. The maximum atomic E-state index is 14.4. The van der Waals surface area contributed by atoms with E-state index < -0.39 is 34.4 Å². The smallest absolute Gasteiger partial charge is 0.407 e. The van der Waals surface area contributed by atoms with Gasteiger partial charge in [-0.05, 0) is 54.4 Å². The van der Waals surface area contributed by atoms with Gasteiger partial charge >= 0.3 is 6.09 Å². The molecule has 0 bridgehead atoms. The maximum Gasteiger partial charge on any atom is 0.407 e. The number of rotatable bonds is 16. The third kappa shape index (κ3) is 9.89. The van der Waals surface area contributed by atoms with Gasteiger partial charge in [0.25, 0.3) is 5.91 Å². The number of anilines is 1. The van der Waals surface area contributed by atoms with Gasteiger partial charge in [0.15, 0.2) is 6.29 Å². The molecule has 0 spiro atoms. The Hall–Kier alpha value is -3.49. The van der Waals surface area contributed by atoms with Gasteiger partial charge in [-0.2, -0.15) is 4.31 Å². The summed E-state index contributed by atoms with van der Waals surface area (Å²) in [5, 5.41) is 17.4. The molecule has 3 heterocycles. The number of benzene rings is 2. The minimum Gasteiger partial charge on any atom is -0.443 e. The minimum atomic E-state index is -4.16. The lowest BCUT2D eigenvalue weighted by Crippen LogP contribution is -2.51. The number of hydrogen-bond acceptors (Lipinski definition) is 9. The van der Waals surface area contributed by atoms with Gasteiger partial charge in [-0.25, -0.2) is 13.2 Å². The fourth-order valence-corrected chi connectivity index (χ4v) is 8.59. The number of aliphatic hydroxyl groups is 1. The van der Waals surface area contributed by atoms with Crippen LogP contribution in [-0.4, -0.2) is 98.7 Å². The molecule has 2 aromatic carbocycles. The van der Waals surface area contributed by atoms with Gasteiger partial charge in [0.05, 0.1) is 41.7 Å². The normalized spacial score (nSPS) is 22.1. The summed E-state index contributed by atoms with van der Waals surface area (Å²) in [6.07, 6.45) is -0.0683. The molecule has 0 aliphatic carbocycles. The van der Waals surface area contributed by atoms with Crippen LogP contribution in [0.25, 0.3) is 5.57 Å². The molecule has 51 heavy (non-hydrogen) atoms. The van der Waals surface area contributed by atoms with Gasteiger partial charge in [-0.15, -0.1) is 0 Å². The van der Waals surface area contributed by atoms with Crippen molar-refractivity contribution in [2.45, 2.75) is 83.8 Å². The lowest BCUT2D eigenvalue weighted by atomic mass is 10.0. The molecule has 2 amide bonds. The summed E-state index contributed by atoms with van der Waals surface area (Å²) in [5.41, 5.74) is 2.32. The molecule has 3 N–H and O–H groups in total. The Balaban J connectivity index is 1.39. The number of nitrogens with zero attached hydrogens (tertiary/aromatic N) is 2. The van der Waals surface area contributed by atoms with E-state index in [1.165, 1.54) is 16.4 Å². The molecule has 2 aromatic rings. The van der Waals surface area contributed by atoms with Crippen LogP contribution in [0.5, 0.6) is 0 Å². The second-order valence-corrected chi connectivity index (χ2v) is 17.1. The van der Waals surface area contributed by atoms with E-state index in [1.807, 2.05) is 50.4 Å². The number of amides is 2. The van der Waals surface area contributed by atoms with Crippen molar-refractivity contribution in [1.82, 2.24) is 14.5 Å². The summed E-state index contributed by atoms with van der Waals surface area (Å²) >= 11 is 0. The summed E-state index contributed by atoms with van der Waals surface area (Å²) in [7, 11) is -4.16. The fourth-order valence-electron chi connectivity index (χ4n) is 6.94. The number of alkyl carbamates (subject to hydrolysis) is 1. The molecule has 5 rings (SSSR count). The van der Waals surface area contributed by atoms with E-state index in [-0.39, 0.29) is 55.0 Å². The van der Waals surface area contributed by atoms with Crippen LogP contribution in [0, 0.1) is 23.7 Å². The summed E-state index contributed by atoms with van der Waals surface area (Å²) in [6.45, 7) is 14.4. The first-order valence-electron chi connectivity index (χ1n) is 18.0. The quantitative estimate of drug-likeness (QED) is 0.210. The predicted molar refractivity (Wildman–Crippen MR) is 195 cm³/mol. The second kappa shape index (κ2) is 16.9. The molecular weight excluding hydrogens is 673 g/mol. The van der Waals surface area contributed by atoms with E-state index in [9.17, 15) is 23.1 Å². The van der Waals surface area contributed by atoms with E-state index in [0.29, 0.717) is 35.3 Å². The van der Waals surface area contributed by atoms with E-state index in [0.717, 1.165) is 25.1 Å². The van der Waals surface area contributed by atoms with E-state index in [4.69, 9.17) is 14.2 Å². The Morgan fingerprint density at radius 2 is 1.69 bits per heavy atom. The average Bonchev–Trinajstić information content (AvgIpc) is 3.76. The second-order valence-electron chi connectivity index (χ2n) is 15.1. The molecule has 3 aliphatic rings. The summed E-state index contributed by atoms with van der Waals surface area (Å²) in [5.74, 6) is 0.311. The van der Waals surface area contributed by atoms with Gasteiger partial charge in [-0.1, -0.05) is 71.9 Å². The van der Waals surface area contributed by atoms with Crippen molar-refractivity contribution in [3.8, 4) is 0 Å². The van der Waals surface area contributed by atoms with Crippen LogP contribution in [0.3, 0.4) is 0 Å². The molecule has 13 heteroatoms. The molecule has 0 aromatic heterocycles. The highest BCUT2D eigenvalue weighted by Gasteiger charge is 2.44. The molecule has 0 radical (unpaired) electrons. The van der Waals surface area contributed by atoms with Crippen LogP contribution < -0.4 is 10.6 Å². The van der Waals surface area contributed by atoms with Crippen molar-refractivity contribution in [2.24, 2.45) is 23.7 Å². The number of fused-ring (bicyclic) bond motifs is 2. The summed E-state index contributed by atoms with van der Waals surface area (Å²) in [4.78, 5) is 28.5. The largest absolute Gasteiger partial charge is 0.443 e. The molecular formula is C38H54N4O8S. The number of ether oxygens (including phenoxy) is 3. The number of nitrogens with one attached hydrogen (secondary N) is 2. The molecule has 0 saturated carbocycles. The zero-order valence-corrected chi connectivity index (χ0v) is 31.4. The van der Waals surface area contributed by atoms with Crippen molar-refractivity contribution in [2.75, 3.05) is 44.7 Å². The van der Waals surface area contributed by atoms with Crippen LogP contribution in [-0.2, 0) is 35.4 Å². The van der Waals surface area contributed by atoms with Gasteiger partial charge < -0.3 is 34.9 Å². The predicted octanol–water partition coefficient (Wildman–Crippen LogP) is 4.70. The van der Waals surface area contributed by atoms with Crippen molar-refractivity contribution in [1.29, 1.82) is 0 Å². The van der Waals surface area contributed by atoms with Gasteiger partial charge in [0.1, 0.15) is 6.10 Å². The van der Waals surface area contributed by atoms with Crippen molar-refractivity contribution in [3.63, 3.8) is 0 Å². The number of aliphatic hydroxyl groups excluding tert-OH is 1. The lowest BCUT2D eigenvalue weighted by molar-refractivity contribution is -0.110. The monoisotopic (exact) mass is 726 g/mol. The fraction of sp³-hybridized carbons (Fsp3) is 0.579. The maximum absolute atomic E-state index is 14.4. The highest BCUT2D eigenvalue weighted by Crippen LogP contribution is 2.35. The summed E-state index contributed by atoms with van der Waals surface area (Å²) < 4.78 is 46.9. The topological polar surface area (TPSA) is 147 Å². The van der Waals surface area contributed by atoms with E-state index >= 15 is 0 Å². The first-order chi connectivity index (χ1) is 24.2. The van der Waals surface area contributed by atoms with Crippen LogP contribution in [0.1, 0.15) is 59.1 Å². The number of sulfonamides is 1. The van der Waals surface area contributed by atoms with Crippen molar-refractivity contribution in [3.05, 3.63) is 65.9 Å². The van der Waals surface area contributed by atoms with Crippen LogP contribution in [0.15, 0.2) is 59.6 Å². The number of carbonyl (C=O) groups excluding carboxylic acids is 2. The lowest BCUT2D eigenvalue weighted by Gasteiger charge is -2.31. The van der Waals surface area contributed by atoms with Crippen LogP contribution >= 0.6 is 0 Å². The van der Waals surface area contributed by atoms with Crippen molar-refractivity contribution < 1.29 is 37.3 Å². The molecule has 0 unspecified atom stereocenters. The Kier molecular flexibility index (Phi) is 12.8. The Bertz CT molecular complexity index is 1640. The molecule has 3 aliphatic heterocycles. The highest BCUT2D eigenvalue weighted by atomic mass is 32.2. The first kappa shape index (κ1) is 38.7. The molecule has 12 nitrogen and oxygen atoms in total. The molecule has 280 valence electrons. The highest BCUT2D eigenvalue weighted by molar-refractivity contribution is 7.89. The zero-order chi connectivity index (χ0) is 36.9. The number of hydrogen-bond donors (Lipinski definition) is 3. The van der Waals surface area contributed by atoms with Crippen LogP contribution in [0.4, 0.5) is 10.5 Å². The van der Waals surface area contributed by atoms with E-state index in [2.05, 4.69) is 43.2 Å². The van der Waals surface area contributed by atoms with Gasteiger partial charge in [0.2, 0.25) is 10.0 Å². The summed E-state index contributed by atoms with van der Waals surface area (Å²) in [6, 6.07) is 13.1. The molecule has 5 atom stereocenters. The Labute approximate surface area is 302 Å². The third-order valence-electron chi connectivity index (χ3n) is 9.19. The Morgan fingerprint density at radius 1 is 1.00 bits per heavy atom. The number of carbonyl (C=O) groups is 2. The van der Waals surface area contributed by atoms with Gasteiger partial charge in [-0.3, -0.25) is 4.79 Å². The van der Waals surface area contributed by atoms with Crippen LogP contribution in [0.2, 0.25) is 0 Å². The van der Waals surface area contributed by atoms with E-state index in [1.54, 1.807) is 6.07 Å². The van der Waals surface area contributed by atoms with Gasteiger partial charge in [0, 0.05) is 43.6 Å². The SMILES string of the molecule is CC(C)CN(/C=C1\C(=O)Nc2ccc(S(=O)(=O)N(CC(C)C)C[C@@H](O)[C@H](Cc3ccccc3)NC(=O)O[C@H]3CO[C@H]4OCC[C@H]43)cc21)CC(C)C. The molecule has 2 fully saturated rings. The third-order valence-corrected chi connectivity index (χ3v) is 11.0. The minimum absolute atomic E-state index is 0.0114. The molecule has 2 saturated heterocycles. The Morgan fingerprint density at radius 3 is 2.35 bits per heavy atom. The van der Waals surface area contributed by atoms with Crippen molar-refractivity contribution >= 4 is 33.3 Å².